The molecule has 2 N–H and O–H groups in total. The number of fused-ring (bicyclic) bond motifs is 1. The topological polar surface area (TPSA) is 52.9 Å². The highest BCUT2D eigenvalue weighted by Crippen LogP contribution is 2.79. The number of piperidine rings is 1. The van der Waals surface area contributed by atoms with Crippen molar-refractivity contribution in [3.8, 4) is 11.5 Å². The Labute approximate surface area is 171 Å². The summed E-state index contributed by atoms with van der Waals surface area (Å²) in [6.07, 6.45) is 4.95. The first kappa shape index (κ1) is 17.6. The molecule has 6 atom stereocenters. The number of ether oxygens (including phenoxy) is 1. The molecule has 2 aliphatic heterocycles. The highest BCUT2D eigenvalue weighted by molar-refractivity contribution is 6.30. The number of aliphatic hydroxyl groups is 1. The van der Waals surface area contributed by atoms with Crippen LogP contribution in [0.15, 0.2) is 23.2 Å². The predicted molar refractivity (Wildman–Crippen MR) is 108 cm³/mol. The number of halogens is 1. The van der Waals surface area contributed by atoms with Crippen molar-refractivity contribution >= 4 is 11.6 Å². The Morgan fingerprint density at radius 1 is 1.32 bits per heavy atom. The molecule has 0 amide bonds. The van der Waals surface area contributed by atoms with Crippen LogP contribution in [0.5, 0.6) is 11.5 Å². The van der Waals surface area contributed by atoms with Crippen molar-refractivity contribution in [2.45, 2.75) is 62.7 Å². The van der Waals surface area contributed by atoms with Gasteiger partial charge in [0.1, 0.15) is 5.60 Å². The van der Waals surface area contributed by atoms with E-state index in [1.165, 1.54) is 11.1 Å². The lowest BCUT2D eigenvalue weighted by Crippen LogP contribution is -2.81. The number of benzene rings is 1. The highest BCUT2D eigenvalue weighted by Gasteiger charge is 2.82. The van der Waals surface area contributed by atoms with Crippen molar-refractivity contribution in [1.82, 2.24) is 4.90 Å². The van der Waals surface area contributed by atoms with Gasteiger partial charge in [0.05, 0.1) is 11.0 Å². The second kappa shape index (κ2) is 4.74. The molecule has 150 valence electrons. The molecule has 4 aliphatic carbocycles. The van der Waals surface area contributed by atoms with Crippen molar-refractivity contribution in [3.63, 3.8) is 0 Å². The van der Waals surface area contributed by atoms with Gasteiger partial charge in [-0.2, -0.15) is 0 Å². The second-order valence-electron chi connectivity index (χ2n) is 10.5. The summed E-state index contributed by atoms with van der Waals surface area (Å²) < 4.78 is 6.72. The second-order valence-corrected chi connectivity index (χ2v) is 10.9. The van der Waals surface area contributed by atoms with Crippen LogP contribution in [0.1, 0.15) is 44.7 Å². The molecule has 28 heavy (non-hydrogen) atoms. The minimum Gasteiger partial charge on any atom is -0.504 e. The first-order valence-electron chi connectivity index (χ1n) is 10.4. The third kappa shape index (κ3) is 1.53. The molecular weight excluding hydrogens is 374 g/mol. The SMILES string of the molecule is CN1CC[C@]23c4c5ccc(O)c4O[C@@]2(C)[C@@H]2C[C@H](C(C)(C)O)[C@@]3(C=C2Cl)[C@H]1C5. The first-order valence-corrected chi connectivity index (χ1v) is 10.8. The minimum absolute atomic E-state index is 0.0225. The highest BCUT2D eigenvalue weighted by atomic mass is 35.5. The van der Waals surface area contributed by atoms with Crippen molar-refractivity contribution in [2.24, 2.45) is 17.3 Å². The minimum atomic E-state index is -0.825. The number of hydrogen-bond donors (Lipinski definition) is 2. The molecule has 4 nitrogen and oxygen atoms in total. The molecular formula is C23H28ClNO3. The van der Waals surface area contributed by atoms with Crippen LogP contribution in [0.25, 0.3) is 0 Å². The molecule has 2 fully saturated rings. The molecule has 2 heterocycles. The maximum Gasteiger partial charge on any atom is 0.166 e. The molecule has 7 rings (SSSR count). The smallest absolute Gasteiger partial charge is 0.166 e. The zero-order valence-corrected chi connectivity index (χ0v) is 17.7. The molecule has 0 aromatic heterocycles. The Bertz CT molecular complexity index is 952. The molecule has 1 aromatic rings. The predicted octanol–water partition coefficient (Wildman–Crippen LogP) is 3.57. The van der Waals surface area contributed by atoms with Crippen LogP contribution in [0, 0.1) is 17.3 Å². The van der Waals surface area contributed by atoms with Crippen LogP contribution in [0.2, 0.25) is 0 Å². The molecule has 1 saturated carbocycles. The Morgan fingerprint density at radius 3 is 2.79 bits per heavy atom. The van der Waals surface area contributed by atoms with Gasteiger partial charge in [-0.3, -0.25) is 0 Å². The zero-order valence-electron chi connectivity index (χ0n) is 16.9. The summed E-state index contributed by atoms with van der Waals surface area (Å²) in [5.74, 6) is 0.993. The van der Waals surface area contributed by atoms with Gasteiger partial charge in [-0.15, -0.1) is 0 Å². The van der Waals surface area contributed by atoms with E-state index in [0.717, 1.165) is 30.8 Å². The summed E-state index contributed by atoms with van der Waals surface area (Å²) >= 11 is 6.93. The number of aromatic hydroxyl groups is 1. The molecule has 4 bridgehead atoms. The fraction of sp³-hybridized carbons (Fsp3) is 0.652. The number of likely N-dealkylation sites (tertiary alicyclic amines) is 1. The van der Waals surface area contributed by atoms with Crippen LogP contribution >= 0.6 is 11.6 Å². The number of nitrogens with zero attached hydrogens (tertiary/aromatic N) is 1. The maximum atomic E-state index is 11.3. The fourth-order valence-corrected chi connectivity index (χ4v) is 8.75. The first-order chi connectivity index (χ1) is 13.1. The average Bonchev–Trinajstić information content (AvgIpc) is 2.88. The van der Waals surface area contributed by atoms with E-state index >= 15 is 0 Å². The molecule has 0 radical (unpaired) electrons. The van der Waals surface area contributed by atoms with E-state index in [1.54, 1.807) is 6.07 Å². The van der Waals surface area contributed by atoms with E-state index in [1.807, 2.05) is 13.8 Å². The normalized spacial score (nSPS) is 45.5. The van der Waals surface area contributed by atoms with Crippen LogP contribution in [0.4, 0.5) is 0 Å². The standard InChI is InChI=1S/C23H28ClNO3/c1-20(2,27)16-10-13-14(24)11-22(16)17-9-12-5-6-15(26)19-18(12)23(22,7-8-25(17)4)21(13,3)28-19/h5-6,11,13,16-17,26-27H,7-10H2,1-4H3/t13-,16-,17-,21+,22+,23+/m1/s1. The summed E-state index contributed by atoms with van der Waals surface area (Å²) in [6.45, 7) is 7.09. The van der Waals surface area contributed by atoms with E-state index in [2.05, 4.69) is 31.0 Å². The molecule has 0 unspecified atom stereocenters. The van der Waals surface area contributed by atoms with Crippen LogP contribution in [0.3, 0.4) is 0 Å². The van der Waals surface area contributed by atoms with E-state index in [9.17, 15) is 10.2 Å². The monoisotopic (exact) mass is 401 g/mol. The van der Waals surface area contributed by atoms with Gasteiger partial charge in [0.15, 0.2) is 11.5 Å². The van der Waals surface area contributed by atoms with Crippen LogP contribution < -0.4 is 4.74 Å². The van der Waals surface area contributed by atoms with E-state index in [0.29, 0.717) is 5.75 Å². The Hall–Kier alpha value is -1.23. The average molecular weight is 402 g/mol. The van der Waals surface area contributed by atoms with Crippen molar-refractivity contribution in [3.05, 3.63) is 34.4 Å². The van der Waals surface area contributed by atoms with Gasteiger partial charge in [-0.05, 0) is 71.2 Å². The Morgan fingerprint density at radius 2 is 2.07 bits per heavy atom. The summed E-state index contributed by atoms with van der Waals surface area (Å²) in [5.41, 5.74) is 0.560. The van der Waals surface area contributed by atoms with Gasteiger partial charge >= 0.3 is 0 Å². The van der Waals surface area contributed by atoms with E-state index in [-0.39, 0.29) is 34.5 Å². The van der Waals surface area contributed by atoms with Crippen molar-refractivity contribution < 1.29 is 14.9 Å². The van der Waals surface area contributed by atoms with Crippen molar-refractivity contribution in [2.75, 3.05) is 13.6 Å². The van der Waals surface area contributed by atoms with Gasteiger partial charge < -0.3 is 19.8 Å². The Balaban J connectivity index is 1.78. The fourth-order valence-electron chi connectivity index (χ4n) is 8.27. The van der Waals surface area contributed by atoms with Crippen LogP contribution in [-0.4, -0.2) is 45.9 Å². The lowest BCUT2D eigenvalue weighted by molar-refractivity contribution is -0.224. The largest absolute Gasteiger partial charge is 0.504 e. The quantitative estimate of drug-likeness (QED) is 0.755. The Kier molecular flexibility index (Phi) is 2.98. The molecule has 1 saturated heterocycles. The van der Waals surface area contributed by atoms with Crippen molar-refractivity contribution in [1.29, 1.82) is 0 Å². The summed E-state index contributed by atoms with van der Waals surface area (Å²) in [7, 11) is 2.20. The third-order valence-electron chi connectivity index (χ3n) is 9.16. The lowest BCUT2D eigenvalue weighted by atomic mass is 9.32. The number of phenols is 1. The van der Waals surface area contributed by atoms with E-state index < -0.39 is 11.2 Å². The van der Waals surface area contributed by atoms with Gasteiger partial charge in [-0.25, -0.2) is 0 Å². The number of hydrogen-bond acceptors (Lipinski definition) is 4. The molecule has 1 aromatic carbocycles. The summed E-state index contributed by atoms with van der Waals surface area (Å²) in [6, 6.07) is 4.11. The van der Waals surface area contributed by atoms with Crippen LogP contribution in [-0.2, 0) is 11.8 Å². The third-order valence-corrected chi connectivity index (χ3v) is 9.53. The molecule has 5 heteroatoms. The lowest BCUT2D eigenvalue weighted by Gasteiger charge is -2.74. The molecule has 6 aliphatic rings. The van der Waals surface area contributed by atoms with Gasteiger partial charge in [0.2, 0.25) is 0 Å². The number of phenolic OH excluding ortho intramolecular Hbond substituents is 1. The summed E-state index contributed by atoms with van der Waals surface area (Å²) in [5, 5.41) is 22.9. The van der Waals surface area contributed by atoms with Gasteiger partial charge in [-0.1, -0.05) is 23.7 Å². The maximum absolute atomic E-state index is 11.3. The number of rotatable bonds is 1. The van der Waals surface area contributed by atoms with Gasteiger partial charge in [0.25, 0.3) is 0 Å². The molecule has 2 spiro atoms. The number of likely N-dealkylation sites (N-methyl/N-ethyl adjacent to an activating group) is 1. The zero-order chi connectivity index (χ0) is 19.9. The van der Waals surface area contributed by atoms with E-state index in [4.69, 9.17) is 16.3 Å². The van der Waals surface area contributed by atoms with Gasteiger partial charge in [0, 0.05) is 28.0 Å². The summed E-state index contributed by atoms with van der Waals surface area (Å²) in [4.78, 5) is 2.46.